The number of hydrogen-bond acceptors (Lipinski definition) is 5. The van der Waals surface area contributed by atoms with E-state index < -0.39 is 11.2 Å². The third kappa shape index (κ3) is 5.25. The highest BCUT2D eigenvalue weighted by atomic mass is 35.5. The van der Waals surface area contributed by atoms with Gasteiger partial charge in [-0.3, -0.25) is 0 Å². The van der Waals surface area contributed by atoms with E-state index in [-0.39, 0.29) is 5.41 Å². The van der Waals surface area contributed by atoms with Crippen LogP contribution in [0.1, 0.15) is 103 Å². The van der Waals surface area contributed by atoms with Crippen LogP contribution in [0.3, 0.4) is 0 Å². The highest BCUT2D eigenvalue weighted by Crippen LogP contribution is 2.72. The molecule has 0 radical (unpaired) electrons. The zero-order valence-electron chi connectivity index (χ0n) is 27.0. The first-order valence-electron chi connectivity index (χ1n) is 18.0. The molecular weight excluding hydrogens is 556 g/mol. The van der Waals surface area contributed by atoms with Gasteiger partial charge in [-0.25, -0.2) is 0 Å². The molecule has 2 heterocycles. The molecule has 0 unspecified atom stereocenters. The Balaban J connectivity index is 1.08. The quantitative estimate of drug-likeness (QED) is 0.317. The molecule has 7 rings (SSSR count). The molecule has 43 heavy (non-hydrogen) atoms. The van der Waals surface area contributed by atoms with Crippen molar-refractivity contribution in [2.75, 3.05) is 52.5 Å². The van der Waals surface area contributed by atoms with Crippen LogP contribution >= 0.6 is 11.6 Å². The molecule has 6 aliphatic rings. The van der Waals surface area contributed by atoms with Gasteiger partial charge in [-0.05, 0) is 151 Å². The molecule has 1 N–H and O–H groups in total. The zero-order valence-corrected chi connectivity index (χ0v) is 27.8. The smallest absolute Gasteiger partial charge is 0.101 e. The van der Waals surface area contributed by atoms with Crippen LogP contribution in [0.25, 0.3) is 0 Å². The standard InChI is InChI=1S/C37H57ClN2O3/c1-34-15-13-31(42-25-23-39-19-3-4-20-39)27-29(34)9-12-33-32(34)14-16-35(2)36(33,41)17-18-37(35,28-7-10-30(38)11-8-28)43-26-24-40-21-5-6-22-40/h7-8,10-11,29,31-33,41H,3-6,9,12-27H2,1-2H3/t29-,31+,32+,33-,34+,35+,36+,37+/m1/s1. The largest absolute Gasteiger partial charge is 0.389 e. The molecule has 5 nitrogen and oxygen atoms in total. The summed E-state index contributed by atoms with van der Waals surface area (Å²) < 4.78 is 13.7. The number of fused-ring (bicyclic) bond motifs is 5. The summed E-state index contributed by atoms with van der Waals surface area (Å²) in [5, 5.41) is 13.8. The van der Waals surface area contributed by atoms with Crippen molar-refractivity contribution in [3.05, 3.63) is 34.9 Å². The van der Waals surface area contributed by atoms with E-state index in [2.05, 4.69) is 35.8 Å². The summed E-state index contributed by atoms with van der Waals surface area (Å²) in [7, 11) is 0. The summed E-state index contributed by atoms with van der Waals surface area (Å²) >= 11 is 6.38. The lowest BCUT2D eigenvalue weighted by Crippen LogP contribution is -2.65. The summed E-state index contributed by atoms with van der Waals surface area (Å²) in [6, 6.07) is 8.41. The number of aliphatic hydroxyl groups is 1. The average Bonchev–Trinajstić information content (AvgIpc) is 3.76. The topological polar surface area (TPSA) is 45.2 Å². The highest BCUT2D eigenvalue weighted by Gasteiger charge is 2.72. The molecule has 4 saturated carbocycles. The number of nitrogens with zero attached hydrogens (tertiary/aromatic N) is 2. The van der Waals surface area contributed by atoms with Crippen LogP contribution in [0.15, 0.2) is 24.3 Å². The Kier molecular flexibility index (Phi) is 8.75. The number of likely N-dealkylation sites (tertiary alicyclic amines) is 2. The monoisotopic (exact) mass is 612 g/mol. The molecule has 0 spiro atoms. The van der Waals surface area contributed by atoms with Crippen molar-refractivity contribution in [2.45, 2.75) is 115 Å². The first kappa shape index (κ1) is 30.9. The second kappa shape index (κ2) is 12.2. The van der Waals surface area contributed by atoms with Gasteiger partial charge in [0.15, 0.2) is 0 Å². The highest BCUT2D eigenvalue weighted by molar-refractivity contribution is 6.30. The van der Waals surface area contributed by atoms with Gasteiger partial charge in [-0.2, -0.15) is 0 Å². The Morgan fingerprint density at radius 3 is 2.16 bits per heavy atom. The van der Waals surface area contributed by atoms with Crippen molar-refractivity contribution < 1.29 is 14.6 Å². The minimum absolute atomic E-state index is 0.303. The van der Waals surface area contributed by atoms with E-state index in [1.54, 1.807) is 0 Å². The molecule has 240 valence electrons. The van der Waals surface area contributed by atoms with Gasteiger partial charge < -0.3 is 24.4 Å². The number of ether oxygens (including phenoxy) is 2. The number of hydrogen-bond donors (Lipinski definition) is 1. The van der Waals surface area contributed by atoms with Gasteiger partial charge in [0.2, 0.25) is 0 Å². The van der Waals surface area contributed by atoms with Gasteiger partial charge in [-0.15, -0.1) is 0 Å². The number of halogens is 1. The van der Waals surface area contributed by atoms with Crippen LogP contribution in [-0.4, -0.2) is 79.1 Å². The van der Waals surface area contributed by atoms with E-state index in [9.17, 15) is 5.11 Å². The van der Waals surface area contributed by atoms with Crippen molar-refractivity contribution in [3.8, 4) is 0 Å². The Bertz CT molecular complexity index is 1110. The van der Waals surface area contributed by atoms with Crippen LogP contribution in [-0.2, 0) is 15.1 Å². The van der Waals surface area contributed by atoms with E-state index in [4.69, 9.17) is 21.1 Å². The Labute approximate surface area is 266 Å². The SMILES string of the molecule is C[C@]12CC[C@H](OCCN3CCCC3)C[C@H]1CC[C@@H]1[C@@H]2CC[C@]2(C)[C@@](OCCN3CCCC3)(c3ccc(Cl)cc3)CC[C@]12O. The minimum atomic E-state index is -0.708. The van der Waals surface area contributed by atoms with E-state index in [0.29, 0.717) is 29.3 Å². The van der Waals surface area contributed by atoms with Crippen molar-refractivity contribution in [1.29, 1.82) is 0 Å². The van der Waals surface area contributed by atoms with Crippen molar-refractivity contribution >= 4 is 11.6 Å². The predicted octanol–water partition coefficient (Wildman–Crippen LogP) is 7.29. The lowest BCUT2D eigenvalue weighted by molar-refractivity contribution is -0.249. The summed E-state index contributed by atoms with van der Waals surface area (Å²) in [6.07, 6.45) is 15.7. The van der Waals surface area contributed by atoms with Crippen LogP contribution in [0.4, 0.5) is 0 Å². The van der Waals surface area contributed by atoms with Crippen LogP contribution < -0.4 is 0 Å². The summed E-state index contributed by atoms with van der Waals surface area (Å²) in [5.41, 5.74) is 0.00740. The van der Waals surface area contributed by atoms with Crippen molar-refractivity contribution in [3.63, 3.8) is 0 Å². The minimum Gasteiger partial charge on any atom is -0.389 e. The van der Waals surface area contributed by atoms with Gasteiger partial charge in [0.1, 0.15) is 5.60 Å². The van der Waals surface area contributed by atoms with Gasteiger partial charge in [-0.1, -0.05) is 37.6 Å². The van der Waals surface area contributed by atoms with Crippen LogP contribution in [0.2, 0.25) is 5.02 Å². The van der Waals surface area contributed by atoms with Gasteiger partial charge in [0.25, 0.3) is 0 Å². The van der Waals surface area contributed by atoms with Crippen LogP contribution in [0.5, 0.6) is 0 Å². The Morgan fingerprint density at radius 2 is 1.47 bits per heavy atom. The molecule has 6 heteroatoms. The number of benzene rings is 1. The fourth-order valence-corrected chi connectivity index (χ4v) is 11.7. The van der Waals surface area contributed by atoms with E-state index in [0.717, 1.165) is 57.0 Å². The summed E-state index contributed by atoms with van der Waals surface area (Å²) in [4.78, 5) is 5.12. The zero-order chi connectivity index (χ0) is 29.7. The first-order chi connectivity index (χ1) is 20.8. The first-order valence-corrected chi connectivity index (χ1v) is 18.3. The molecule has 2 saturated heterocycles. The van der Waals surface area contributed by atoms with E-state index in [1.807, 2.05) is 12.1 Å². The average molecular weight is 613 g/mol. The third-order valence-electron chi connectivity index (χ3n) is 14.1. The lowest BCUT2D eigenvalue weighted by Gasteiger charge is -2.65. The molecule has 0 amide bonds. The van der Waals surface area contributed by atoms with Gasteiger partial charge in [0.05, 0.1) is 24.9 Å². The second-order valence-electron chi connectivity index (χ2n) is 15.8. The molecule has 6 fully saturated rings. The normalized spacial score (nSPS) is 43.4. The summed E-state index contributed by atoms with van der Waals surface area (Å²) in [5.74, 6) is 1.64. The fraction of sp³-hybridized carbons (Fsp3) is 0.838. The molecule has 4 aliphatic carbocycles. The van der Waals surface area contributed by atoms with Gasteiger partial charge >= 0.3 is 0 Å². The second-order valence-corrected chi connectivity index (χ2v) is 16.3. The van der Waals surface area contributed by atoms with E-state index >= 15 is 0 Å². The lowest BCUT2D eigenvalue weighted by atomic mass is 9.42. The predicted molar refractivity (Wildman–Crippen MR) is 173 cm³/mol. The summed E-state index contributed by atoms with van der Waals surface area (Å²) in [6.45, 7) is 13.6. The Morgan fingerprint density at radius 1 is 0.791 bits per heavy atom. The maximum Gasteiger partial charge on any atom is 0.101 e. The maximum absolute atomic E-state index is 13.1. The van der Waals surface area contributed by atoms with Crippen molar-refractivity contribution in [1.82, 2.24) is 9.80 Å². The molecule has 1 aromatic carbocycles. The van der Waals surface area contributed by atoms with Crippen molar-refractivity contribution in [2.24, 2.45) is 28.6 Å². The van der Waals surface area contributed by atoms with Gasteiger partial charge in [0, 0.05) is 23.5 Å². The molecular formula is C37H57ClN2O3. The fourth-order valence-electron chi connectivity index (χ4n) is 11.5. The third-order valence-corrected chi connectivity index (χ3v) is 14.4. The molecule has 1 aromatic rings. The maximum atomic E-state index is 13.1. The van der Waals surface area contributed by atoms with Crippen LogP contribution in [0, 0.1) is 28.6 Å². The Hall–Kier alpha value is -0.690. The molecule has 0 aromatic heterocycles. The van der Waals surface area contributed by atoms with E-state index in [1.165, 1.54) is 89.5 Å². The molecule has 2 aliphatic heterocycles. The molecule has 8 atom stereocenters. The number of rotatable bonds is 9. The molecule has 0 bridgehead atoms.